The molecule has 1 amide bonds. The normalized spacial score (nSPS) is 10.2. The molecule has 0 unspecified atom stereocenters. The van der Waals surface area contributed by atoms with Gasteiger partial charge >= 0.3 is 0 Å². The van der Waals surface area contributed by atoms with Crippen molar-refractivity contribution in [3.63, 3.8) is 0 Å². The SMILES string of the molecule is Cc1nn(C)cc1NC(=O)c1ccc(NN)cc1. The van der Waals surface area contributed by atoms with Gasteiger partial charge in [-0.2, -0.15) is 5.10 Å². The van der Waals surface area contributed by atoms with Gasteiger partial charge in [-0.15, -0.1) is 0 Å². The molecule has 0 aliphatic heterocycles. The Kier molecular flexibility index (Phi) is 3.29. The summed E-state index contributed by atoms with van der Waals surface area (Å²) in [6.45, 7) is 1.84. The summed E-state index contributed by atoms with van der Waals surface area (Å²) in [4.78, 5) is 12.0. The third-order valence-electron chi connectivity index (χ3n) is 2.58. The number of carbonyl (C=O) groups is 1. The summed E-state index contributed by atoms with van der Waals surface area (Å²) in [6, 6.07) is 6.89. The predicted molar refractivity (Wildman–Crippen MR) is 70.2 cm³/mol. The molecule has 1 aromatic heterocycles. The highest BCUT2D eigenvalue weighted by atomic mass is 16.1. The fourth-order valence-electron chi connectivity index (χ4n) is 1.63. The smallest absolute Gasteiger partial charge is 0.255 e. The number of anilines is 2. The van der Waals surface area contributed by atoms with E-state index in [2.05, 4.69) is 15.8 Å². The lowest BCUT2D eigenvalue weighted by atomic mass is 10.2. The first-order valence-corrected chi connectivity index (χ1v) is 5.48. The van der Waals surface area contributed by atoms with Gasteiger partial charge in [-0.05, 0) is 31.2 Å². The molecule has 0 spiro atoms. The van der Waals surface area contributed by atoms with Gasteiger partial charge in [0.25, 0.3) is 5.91 Å². The molecule has 1 heterocycles. The molecule has 4 N–H and O–H groups in total. The van der Waals surface area contributed by atoms with Gasteiger partial charge in [0, 0.05) is 24.5 Å². The number of nitrogens with one attached hydrogen (secondary N) is 2. The molecule has 0 aliphatic rings. The zero-order chi connectivity index (χ0) is 13.1. The lowest BCUT2D eigenvalue weighted by Gasteiger charge is -2.04. The molecule has 18 heavy (non-hydrogen) atoms. The van der Waals surface area contributed by atoms with E-state index < -0.39 is 0 Å². The van der Waals surface area contributed by atoms with Crippen LogP contribution in [-0.4, -0.2) is 15.7 Å². The molecule has 0 bridgehead atoms. The van der Waals surface area contributed by atoms with Crippen molar-refractivity contribution in [3.8, 4) is 0 Å². The highest BCUT2D eigenvalue weighted by molar-refractivity contribution is 6.04. The number of nitrogens with zero attached hydrogens (tertiary/aromatic N) is 2. The Morgan fingerprint density at radius 2 is 2.00 bits per heavy atom. The maximum absolute atomic E-state index is 12.0. The van der Waals surface area contributed by atoms with Crippen LogP contribution in [0.2, 0.25) is 0 Å². The Hall–Kier alpha value is -2.34. The first-order valence-electron chi connectivity index (χ1n) is 5.48. The van der Waals surface area contributed by atoms with E-state index >= 15 is 0 Å². The molecular formula is C12H15N5O. The maximum Gasteiger partial charge on any atom is 0.255 e. The summed E-state index contributed by atoms with van der Waals surface area (Å²) < 4.78 is 1.66. The molecule has 0 saturated carbocycles. The van der Waals surface area contributed by atoms with Crippen molar-refractivity contribution in [2.45, 2.75) is 6.92 Å². The Labute approximate surface area is 105 Å². The minimum absolute atomic E-state index is 0.172. The second kappa shape index (κ2) is 4.89. The van der Waals surface area contributed by atoms with Gasteiger partial charge in [-0.25, -0.2) is 0 Å². The molecule has 6 heteroatoms. The minimum Gasteiger partial charge on any atom is -0.324 e. The van der Waals surface area contributed by atoms with Gasteiger partial charge < -0.3 is 10.7 Å². The summed E-state index contributed by atoms with van der Waals surface area (Å²) in [6.07, 6.45) is 1.77. The molecule has 0 fully saturated rings. The van der Waals surface area contributed by atoms with Crippen LogP contribution >= 0.6 is 0 Å². The first kappa shape index (κ1) is 12.1. The second-order valence-electron chi connectivity index (χ2n) is 3.98. The number of hydrogen-bond donors (Lipinski definition) is 3. The topological polar surface area (TPSA) is 85.0 Å². The van der Waals surface area contributed by atoms with E-state index in [1.807, 2.05) is 14.0 Å². The van der Waals surface area contributed by atoms with Crippen LogP contribution in [0.1, 0.15) is 16.1 Å². The molecule has 2 aromatic rings. The van der Waals surface area contributed by atoms with Crippen molar-refractivity contribution in [2.75, 3.05) is 10.7 Å². The minimum atomic E-state index is -0.172. The van der Waals surface area contributed by atoms with Crippen LogP contribution in [0.5, 0.6) is 0 Å². The average Bonchev–Trinajstić information content (AvgIpc) is 2.68. The Morgan fingerprint density at radius 1 is 1.33 bits per heavy atom. The monoisotopic (exact) mass is 245 g/mol. The van der Waals surface area contributed by atoms with Crippen molar-refractivity contribution in [2.24, 2.45) is 12.9 Å². The van der Waals surface area contributed by atoms with E-state index in [4.69, 9.17) is 5.84 Å². The highest BCUT2D eigenvalue weighted by Crippen LogP contribution is 2.14. The third-order valence-corrected chi connectivity index (χ3v) is 2.58. The van der Waals surface area contributed by atoms with Gasteiger partial charge in [0.15, 0.2) is 0 Å². The zero-order valence-corrected chi connectivity index (χ0v) is 10.3. The number of hydrogen-bond acceptors (Lipinski definition) is 4. The summed E-state index contributed by atoms with van der Waals surface area (Å²) in [5, 5.41) is 6.97. The molecule has 0 atom stereocenters. The lowest BCUT2D eigenvalue weighted by Crippen LogP contribution is -2.12. The number of nitrogens with two attached hydrogens (primary N) is 1. The zero-order valence-electron chi connectivity index (χ0n) is 10.3. The maximum atomic E-state index is 12.0. The van der Waals surface area contributed by atoms with Crippen LogP contribution in [0.25, 0.3) is 0 Å². The summed E-state index contributed by atoms with van der Waals surface area (Å²) in [7, 11) is 1.81. The van der Waals surface area contributed by atoms with Gasteiger partial charge in [-0.1, -0.05) is 0 Å². The van der Waals surface area contributed by atoms with Crippen molar-refractivity contribution in [3.05, 3.63) is 41.7 Å². The van der Waals surface area contributed by atoms with Crippen molar-refractivity contribution in [1.82, 2.24) is 9.78 Å². The fourth-order valence-corrected chi connectivity index (χ4v) is 1.63. The molecular weight excluding hydrogens is 230 g/mol. The third kappa shape index (κ3) is 2.49. The molecule has 94 valence electrons. The molecule has 2 rings (SSSR count). The number of rotatable bonds is 3. The van der Waals surface area contributed by atoms with E-state index in [0.29, 0.717) is 11.3 Å². The van der Waals surface area contributed by atoms with Gasteiger partial charge in [0.1, 0.15) is 0 Å². The Bertz CT molecular complexity index is 558. The van der Waals surface area contributed by atoms with Crippen LogP contribution in [0, 0.1) is 6.92 Å². The van der Waals surface area contributed by atoms with E-state index in [1.54, 1.807) is 35.1 Å². The number of carbonyl (C=O) groups excluding carboxylic acids is 1. The summed E-state index contributed by atoms with van der Waals surface area (Å²) >= 11 is 0. The van der Waals surface area contributed by atoms with Gasteiger partial charge in [0.2, 0.25) is 0 Å². The second-order valence-corrected chi connectivity index (χ2v) is 3.98. The molecule has 0 radical (unpaired) electrons. The number of nitrogen functional groups attached to an aromatic ring is 1. The van der Waals surface area contributed by atoms with E-state index in [1.165, 1.54) is 0 Å². The largest absolute Gasteiger partial charge is 0.324 e. The molecule has 0 saturated heterocycles. The fraction of sp³-hybridized carbons (Fsp3) is 0.167. The van der Waals surface area contributed by atoms with Crippen LogP contribution in [0.4, 0.5) is 11.4 Å². The highest BCUT2D eigenvalue weighted by Gasteiger charge is 2.09. The van der Waals surface area contributed by atoms with Crippen LogP contribution in [-0.2, 0) is 7.05 Å². The van der Waals surface area contributed by atoms with E-state index in [-0.39, 0.29) is 5.91 Å². The van der Waals surface area contributed by atoms with Crippen molar-refractivity contribution < 1.29 is 4.79 Å². The number of aryl methyl sites for hydroxylation is 2. The molecule has 0 aliphatic carbocycles. The van der Waals surface area contributed by atoms with Gasteiger partial charge in [0.05, 0.1) is 11.4 Å². The number of aromatic nitrogens is 2. The van der Waals surface area contributed by atoms with Crippen molar-refractivity contribution in [1.29, 1.82) is 0 Å². The molecule has 6 nitrogen and oxygen atoms in total. The van der Waals surface area contributed by atoms with Gasteiger partial charge in [-0.3, -0.25) is 15.3 Å². The van der Waals surface area contributed by atoms with Crippen molar-refractivity contribution >= 4 is 17.3 Å². The number of hydrazine groups is 1. The van der Waals surface area contributed by atoms with E-state index in [0.717, 1.165) is 11.4 Å². The summed E-state index contributed by atoms with van der Waals surface area (Å²) in [5.41, 5.74) is 5.33. The first-order chi connectivity index (χ1) is 8.60. The summed E-state index contributed by atoms with van der Waals surface area (Å²) in [5.74, 6) is 5.09. The number of amides is 1. The predicted octanol–water partition coefficient (Wildman–Crippen LogP) is 1.27. The van der Waals surface area contributed by atoms with E-state index in [9.17, 15) is 4.79 Å². The number of benzene rings is 1. The quantitative estimate of drug-likeness (QED) is 0.561. The lowest BCUT2D eigenvalue weighted by molar-refractivity contribution is 0.102. The molecule has 1 aromatic carbocycles. The van der Waals surface area contributed by atoms with Crippen LogP contribution < -0.4 is 16.6 Å². The Balaban J connectivity index is 2.14. The standard InChI is InChI=1S/C12H15N5O/c1-8-11(7-17(2)16-8)14-12(18)9-3-5-10(15-13)6-4-9/h3-7,15H,13H2,1-2H3,(H,14,18). The average molecular weight is 245 g/mol. The van der Waals surface area contributed by atoms with Crippen LogP contribution in [0.3, 0.4) is 0 Å². The van der Waals surface area contributed by atoms with Crippen LogP contribution in [0.15, 0.2) is 30.5 Å². The Morgan fingerprint density at radius 3 is 2.50 bits per heavy atom.